The van der Waals surface area contributed by atoms with Crippen molar-refractivity contribution in [2.75, 3.05) is 23.3 Å². The van der Waals surface area contributed by atoms with Crippen LogP contribution in [0.25, 0.3) is 0 Å². The number of carbonyl (C=O) groups is 1. The standard InChI is InChI=1S/C31H36N2O10S2/c1-30(2)23-16-21(14-15-43-36)10-12-25(23)32(19-44(37,38)39)27(30)8-6-5-7-9-28-31(3,4)24-17-22(18-29(34)35)11-13-26(24)33(28)20-45(40,41)42/h5-13,16-17H,14-15,18-20H2,1-4H3,(H3-,34,35,36,37,38,39,40,41,42)/p+1. The van der Waals surface area contributed by atoms with Crippen LogP contribution in [0.15, 0.2) is 72.5 Å². The van der Waals surface area contributed by atoms with Crippen LogP contribution in [0, 0.1) is 0 Å². The van der Waals surface area contributed by atoms with Crippen LogP contribution < -0.4 is 4.90 Å². The molecule has 0 radical (unpaired) electrons. The molecule has 0 spiro atoms. The molecule has 4 N–H and O–H groups in total. The van der Waals surface area contributed by atoms with E-state index in [-0.39, 0.29) is 13.0 Å². The molecule has 2 aromatic carbocycles. The van der Waals surface area contributed by atoms with E-state index < -0.39 is 48.8 Å². The molecular formula is C31H37N2O10S2+. The number of hydrogen-bond donors (Lipinski definition) is 4. The molecule has 0 atom stereocenters. The summed E-state index contributed by atoms with van der Waals surface area (Å²) in [5, 5.41) is 18.0. The smallest absolute Gasteiger partial charge is 0.326 e. The van der Waals surface area contributed by atoms with E-state index in [0.717, 1.165) is 11.1 Å². The Morgan fingerprint density at radius 1 is 0.911 bits per heavy atom. The fourth-order valence-corrected chi connectivity index (χ4v) is 7.22. The zero-order chi connectivity index (χ0) is 33.4. The molecule has 45 heavy (non-hydrogen) atoms. The highest BCUT2D eigenvalue weighted by molar-refractivity contribution is 7.86. The lowest BCUT2D eigenvalue weighted by Crippen LogP contribution is -2.30. The van der Waals surface area contributed by atoms with Crippen molar-refractivity contribution >= 4 is 43.3 Å². The molecule has 2 heterocycles. The highest BCUT2D eigenvalue weighted by atomic mass is 32.2. The molecule has 0 unspecified atom stereocenters. The van der Waals surface area contributed by atoms with E-state index in [1.165, 1.54) is 9.48 Å². The molecule has 2 aliphatic heterocycles. The number of carboxylic acids is 1. The number of aliphatic carboxylic acids is 1. The van der Waals surface area contributed by atoms with Gasteiger partial charge in [-0.05, 0) is 55.2 Å². The van der Waals surface area contributed by atoms with E-state index >= 15 is 0 Å². The number of anilines is 1. The van der Waals surface area contributed by atoms with Gasteiger partial charge >= 0.3 is 16.1 Å². The summed E-state index contributed by atoms with van der Waals surface area (Å²) in [6, 6.07) is 10.5. The minimum absolute atomic E-state index is 0.0950. The third-order valence-corrected chi connectivity index (χ3v) is 9.23. The summed E-state index contributed by atoms with van der Waals surface area (Å²) in [5.74, 6) is -2.35. The fraction of sp³-hybridized carbons (Fsp3) is 0.355. The van der Waals surface area contributed by atoms with Gasteiger partial charge < -0.3 is 10.0 Å². The molecule has 0 aromatic heterocycles. The average Bonchev–Trinajstić information content (AvgIpc) is 3.23. The molecule has 242 valence electrons. The van der Waals surface area contributed by atoms with Gasteiger partial charge in [0.1, 0.15) is 0 Å². The largest absolute Gasteiger partial charge is 0.481 e. The Labute approximate surface area is 262 Å². The number of hydrogen-bond acceptors (Lipinski definition) is 8. The number of carboxylic acid groups (broad SMARTS) is 1. The summed E-state index contributed by atoms with van der Waals surface area (Å²) < 4.78 is 68.7. The highest BCUT2D eigenvalue weighted by Gasteiger charge is 2.46. The lowest BCUT2D eigenvalue weighted by Gasteiger charge is -2.25. The van der Waals surface area contributed by atoms with Gasteiger partial charge in [0.25, 0.3) is 16.0 Å². The van der Waals surface area contributed by atoms with Gasteiger partial charge in [0.05, 0.1) is 18.4 Å². The SMILES string of the molecule is CC1(C)C(/C=C/C=C/C=C2/N(CS(=O)(=O)O)c3ccc(CC(=O)O)cc3C2(C)C)=[N+](CS(=O)(=O)O)c2ccc(CCOO)cc21. The zero-order valence-electron chi connectivity index (χ0n) is 25.3. The molecule has 0 saturated heterocycles. The molecular weight excluding hydrogens is 624 g/mol. The number of benzene rings is 2. The van der Waals surface area contributed by atoms with Gasteiger partial charge in [-0.3, -0.25) is 19.2 Å². The van der Waals surface area contributed by atoms with Crippen molar-refractivity contribution in [3.05, 3.63) is 94.7 Å². The zero-order valence-corrected chi connectivity index (χ0v) is 27.0. The normalized spacial score (nSPS) is 18.4. The maximum Gasteiger partial charge on any atom is 0.326 e. The van der Waals surface area contributed by atoms with Crippen LogP contribution in [0.2, 0.25) is 0 Å². The number of allylic oxidation sites excluding steroid dienone is 6. The molecule has 12 nitrogen and oxygen atoms in total. The average molecular weight is 662 g/mol. The summed E-state index contributed by atoms with van der Waals surface area (Å²) in [6.07, 6.45) is 8.76. The highest BCUT2D eigenvalue weighted by Crippen LogP contribution is 2.48. The predicted molar refractivity (Wildman–Crippen MR) is 169 cm³/mol. The summed E-state index contributed by atoms with van der Waals surface area (Å²) in [7, 11) is -8.81. The Kier molecular flexibility index (Phi) is 9.59. The Hall–Kier alpha value is -3.66. The van der Waals surface area contributed by atoms with Gasteiger partial charge in [-0.25, -0.2) is 4.89 Å². The van der Waals surface area contributed by atoms with Crippen molar-refractivity contribution in [2.45, 2.75) is 51.4 Å². The maximum absolute atomic E-state index is 12.0. The van der Waals surface area contributed by atoms with Gasteiger partial charge in [0.2, 0.25) is 5.69 Å². The first kappa shape index (κ1) is 34.2. The van der Waals surface area contributed by atoms with E-state index in [1.807, 2.05) is 33.8 Å². The summed E-state index contributed by atoms with van der Waals surface area (Å²) >= 11 is 0. The van der Waals surface area contributed by atoms with Crippen LogP contribution in [-0.4, -0.2) is 70.9 Å². The predicted octanol–water partition coefficient (Wildman–Crippen LogP) is 4.21. The van der Waals surface area contributed by atoms with Gasteiger partial charge in [0, 0.05) is 34.5 Å². The first-order chi connectivity index (χ1) is 20.8. The van der Waals surface area contributed by atoms with Crippen molar-refractivity contribution in [1.82, 2.24) is 0 Å². The Morgan fingerprint density at radius 3 is 2.20 bits per heavy atom. The van der Waals surface area contributed by atoms with Crippen LogP contribution in [-0.2, 0) is 53.6 Å². The number of nitrogens with zero attached hydrogens (tertiary/aromatic N) is 2. The van der Waals surface area contributed by atoms with Crippen LogP contribution in [0.3, 0.4) is 0 Å². The van der Waals surface area contributed by atoms with E-state index in [2.05, 4.69) is 4.89 Å². The molecule has 0 fully saturated rings. The maximum atomic E-state index is 12.0. The van der Waals surface area contributed by atoms with Crippen molar-refractivity contribution in [3.63, 3.8) is 0 Å². The topological polar surface area (TPSA) is 182 Å². The van der Waals surface area contributed by atoms with E-state index in [0.29, 0.717) is 40.3 Å². The van der Waals surface area contributed by atoms with Crippen molar-refractivity contribution < 1.29 is 50.6 Å². The van der Waals surface area contributed by atoms with E-state index in [4.69, 9.17) is 5.26 Å². The van der Waals surface area contributed by atoms with Crippen LogP contribution in [0.5, 0.6) is 0 Å². The van der Waals surface area contributed by atoms with Crippen LogP contribution in [0.4, 0.5) is 11.4 Å². The van der Waals surface area contributed by atoms with Gasteiger partial charge in [-0.1, -0.05) is 50.3 Å². The second kappa shape index (κ2) is 12.6. The molecule has 14 heteroatoms. The van der Waals surface area contributed by atoms with Gasteiger partial charge in [-0.2, -0.15) is 21.4 Å². The van der Waals surface area contributed by atoms with Crippen molar-refractivity contribution in [1.29, 1.82) is 0 Å². The fourth-order valence-electron chi connectivity index (χ4n) is 6.01. The molecule has 0 amide bonds. The van der Waals surface area contributed by atoms with Crippen LogP contribution >= 0.6 is 0 Å². The van der Waals surface area contributed by atoms with Crippen LogP contribution in [0.1, 0.15) is 49.9 Å². The second-order valence-corrected chi connectivity index (χ2v) is 14.9. The monoisotopic (exact) mass is 661 g/mol. The molecule has 0 saturated carbocycles. The summed E-state index contributed by atoms with van der Waals surface area (Å²) in [4.78, 5) is 17.0. The molecule has 0 bridgehead atoms. The van der Waals surface area contributed by atoms with Gasteiger partial charge in [0.15, 0.2) is 11.6 Å². The minimum atomic E-state index is -4.42. The number of fused-ring (bicyclic) bond motifs is 2. The quantitative estimate of drug-likeness (QED) is 0.0841. The first-order valence-corrected chi connectivity index (χ1v) is 17.2. The summed E-state index contributed by atoms with van der Waals surface area (Å²) in [6.45, 7) is 7.70. The van der Waals surface area contributed by atoms with E-state index in [1.54, 1.807) is 60.7 Å². The number of rotatable bonds is 12. The van der Waals surface area contributed by atoms with Crippen molar-refractivity contribution in [2.24, 2.45) is 0 Å². The third kappa shape index (κ3) is 7.60. The first-order valence-electron chi connectivity index (χ1n) is 14.0. The molecule has 2 aromatic rings. The lowest BCUT2D eigenvalue weighted by molar-refractivity contribution is -0.416. The minimum Gasteiger partial charge on any atom is -0.481 e. The van der Waals surface area contributed by atoms with Crippen molar-refractivity contribution in [3.8, 4) is 0 Å². The molecule has 4 rings (SSSR count). The summed E-state index contributed by atoms with van der Waals surface area (Å²) in [5.41, 5.74) is 3.90. The lowest BCUT2D eigenvalue weighted by atomic mass is 9.80. The second-order valence-electron chi connectivity index (χ2n) is 12.1. The Balaban J connectivity index is 1.70. The molecule has 2 aliphatic rings. The Bertz CT molecular complexity index is 1850. The third-order valence-electron chi connectivity index (χ3n) is 8.06. The Morgan fingerprint density at radius 2 is 1.58 bits per heavy atom. The molecule has 0 aliphatic carbocycles. The van der Waals surface area contributed by atoms with Gasteiger partial charge in [-0.15, -0.1) is 0 Å². The van der Waals surface area contributed by atoms with E-state index in [9.17, 15) is 35.8 Å².